The van der Waals surface area contributed by atoms with E-state index in [1.54, 1.807) is 6.07 Å². The molecule has 3 N–H and O–H groups in total. The number of nitrogens with two attached hydrogens (primary N) is 1. The number of benzene rings is 1. The standard InChI is InChI=1S/C14H12FN3O2/c15-11-3-4-13(10(8-11)2-1-6-16)14(19)17-9-12-5-7-18-20-12/h3-5,7-8H,6,9,16H2,(H,17,19). The summed E-state index contributed by atoms with van der Waals surface area (Å²) >= 11 is 0. The molecule has 2 rings (SSSR count). The molecule has 0 aliphatic rings. The molecule has 102 valence electrons. The Balaban J connectivity index is 2.16. The van der Waals surface area contributed by atoms with Crippen molar-refractivity contribution in [3.8, 4) is 11.8 Å². The van der Waals surface area contributed by atoms with E-state index in [1.807, 2.05) is 0 Å². The number of hydrogen-bond acceptors (Lipinski definition) is 4. The van der Waals surface area contributed by atoms with Crippen LogP contribution in [-0.2, 0) is 6.54 Å². The SMILES string of the molecule is NCC#Cc1cc(F)ccc1C(=O)NCc1ccno1. The zero-order valence-electron chi connectivity index (χ0n) is 10.5. The van der Waals surface area contributed by atoms with Crippen LogP contribution in [0.25, 0.3) is 0 Å². The molecule has 0 spiro atoms. The van der Waals surface area contributed by atoms with Crippen molar-refractivity contribution in [1.82, 2.24) is 10.5 Å². The molecule has 0 unspecified atom stereocenters. The van der Waals surface area contributed by atoms with Gasteiger partial charge in [0.05, 0.1) is 24.8 Å². The van der Waals surface area contributed by atoms with E-state index in [4.69, 9.17) is 10.3 Å². The number of halogens is 1. The number of nitrogens with one attached hydrogen (secondary N) is 1. The van der Waals surface area contributed by atoms with Gasteiger partial charge >= 0.3 is 0 Å². The van der Waals surface area contributed by atoms with E-state index in [9.17, 15) is 9.18 Å². The molecule has 1 amide bonds. The zero-order chi connectivity index (χ0) is 14.4. The van der Waals surface area contributed by atoms with Gasteiger partial charge in [0.2, 0.25) is 0 Å². The highest BCUT2D eigenvalue weighted by atomic mass is 19.1. The summed E-state index contributed by atoms with van der Waals surface area (Å²) in [6, 6.07) is 5.43. The lowest BCUT2D eigenvalue weighted by atomic mass is 10.1. The van der Waals surface area contributed by atoms with Crippen LogP contribution < -0.4 is 11.1 Å². The molecule has 0 bridgehead atoms. The summed E-state index contributed by atoms with van der Waals surface area (Å²) in [6.45, 7) is 0.329. The van der Waals surface area contributed by atoms with E-state index in [-0.39, 0.29) is 24.6 Å². The van der Waals surface area contributed by atoms with Crippen molar-refractivity contribution >= 4 is 5.91 Å². The predicted molar refractivity (Wildman–Crippen MR) is 70.0 cm³/mol. The van der Waals surface area contributed by atoms with E-state index < -0.39 is 5.82 Å². The van der Waals surface area contributed by atoms with Gasteiger partial charge in [-0.25, -0.2) is 4.39 Å². The lowest BCUT2D eigenvalue weighted by Crippen LogP contribution is -2.23. The first-order chi connectivity index (χ1) is 9.70. The number of amides is 1. The highest BCUT2D eigenvalue weighted by molar-refractivity contribution is 5.96. The number of hydrogen-bond donors (Lipinski definition) is 2. The first-order valence-electron chi connectivity index (χ1n) is 5.87. The van der Waals surface area contributed by atoms with Crippen molar-refractivity contribution in [3.05, 3.63) is 53.2 Å². The normalized spacial score (nSPS) is 9.70. The maximum Gasteiger partial charge on any atom is 0.252 e. The average Bonchev–Trinajstić information content (AvgIpc) is 2.96. The lowest BCUT2D eigenvalue weighted by molar-refractivity contribution is 0.0947. The molecule has 0 saturated carbocycles. The second kappa shape index (κ2) is 6.50. The Morgan fingerprint density at radius 1 is 1.45 bits per heavy atom. The third kappa shape index (κ3) is 3.43. The van der Waals surface area contributed by atoms with Gasteiger partial charge in [-0.1, -0.05) is 17.0 Å². The van der Waals surface area contributed by atoms with Gasteiger partial charge in [-0.2, -0.15) is 0 Å². The van der Waals surface area contributed by atoms with Crippen LogP contribution in [0.3, 0.4) is 0 Å². The first-order valence-corrected chi connectivity index (χ1v) is 5.87. The molecule has 0 aliphatic carbocycles. The summed E-state index contributed by atoms with van der Waals surface area (Å²) in [5, 5.41) is 6.17. The molecule has 1 aromatic heterocycles. The Kier molecular flexibility index (Phi) is 4.47. The van der Waals surface area contributed by atoms with E-state index in [0.717, 1.165) is 0 Å². The van der Waals surface area contributed by atoms with Gasteiger partial charge in [0, 0.05) is 11.6 Å². The molecule has 0 radical (unpaired) electrons. The smallest absolute Gasteiger partial charge is 0.252 e. The van der Waals surface area contributed by atoms with Crippen molar-refractivity contribution in [2.24, 2.45) is 5.73 Å². The third-order valence-electron chi connectivity index (χ3n) is 2.47. The predicted octanol–water partition coefficient (Wildman–Crippen LogP) is 1.05. The zero-order valence-corrected chi connectivity index (χ0v) is 10.5. The Morgan fingerprint density at radius 3 is 3.00 bits per heavy atom. The van der Waals surface area contributed by atoms with Crippen molar-refractivity contribution in [3.63, 3.8) is 0 Å². The first kappa shape index (κ1) is 13.8. The summed E-state index contributed by atoms with van der Waals surface area (Å²) in [5.41, 5.74) is 5.86. The third-order valence-corrected chi connectivity index (χ3v) is 2.47. The van der Waals surface area contributed by atoms with Gasteiger partial charge in [0.1, 0.15) is 5.82 Å². The van der Waals surface area contributed by atoms with Gasteiger partial charge < -0.3 is 15.6 Å². The van der Waals surface area contributed by atoms with Gasteiger partial charge in [0.25, 0.3) is 5.91 Å². The van der Waals surface area contributed by atoms with Crippen LogP contribution in [0.4, 0.5) is 4.39 Å². The Bertz CT molecular complexity index is 657. The molecule has 0 atom stereocenters. The Morgan fingerprint density at radius 2 is 2.30 bits per heavy atom. The van der Waals surface area contributed by atoms with E-state index in [2.05, 4.69) is 22.3 Å². The fraction of sp³-hybridized carbons (Fsp3) is 0.143. The van der Waals surface area contributed by atoms with Gasteiger partial charge in [-0.3, -0.25) is 4.79 Å². The molecule has 6 heteroatoms. The number of aromatic nitrogens is 1. The van der Waals surface area contributed by atoms with Crippen LogP contribution in [0.2, 0.25) is 0 Å². The molecule has 5 nitrogen and oxygen atoms in total. The van der Waals surface area contributed by atoms with Crippen LogP contribution in [0.5, 0.6) is 0 Å². The van der Waals surface area contributed by atoms with E-state index in [1.165, 1.54) is 24.4 Å². The minimum Gasteiger partial charge on any atom is -0.360 e. The molecule has 0 aliphatic heterocycles. The minimum absolute atomic E-state index is 0.135. The highest BCUT2D eigenvalue weighted by Gasteiger charge is 2.11. The molecule has 2 aromatic rings. The van der Waals surface area contributed by atoms with Crippen molar-refractivity contribution in [2.75, 3.05) is 6.54 Å². The molecular weight excluding hydrogens is 261 g/mol. The molecule has 1 heterocycles. The Labute approximate surface area is 114 Å². The number of carbonyl (C=O) groups is 1. The van der Waals surface area contributed by atoms with Crippen LogP contribution in [-0.4, -0.2) is 17.6 Å². The summed E-state index contributed by atoms with van der Waals surface area (Å²) in [5.74, 6) is 4.97. The second-order valence-corrected chi connectivity index (χ2v) is 3.86. The summed E-state index contributed by atoms with van der Waals surface area (Å²) in [6.07, 6.45) is 1.48. The van der Waals surface area contributed by atoms with Gasteiger partial charge in [-0.15, -0.1) is 0 Å². The fourth-order valence-corrected chi connectivity index (χ4v) is 1.56. The van der Waals surface area contributed by atoms with Crippen LogP contribution in [0.1, 0.15) is 21.7 Å². The molecule has 0 fully saturated rings. The molecule has 1 aromatic carbocycles. The summed E-state index contributed by atoms with van der Waals surface area (Å²) < 4.78 is 18.1. The van der Waals surface area contributed by atoms with E-state index >= 15 is 0 Å². The Hall–Kier alpha value is -2.65. The number of carbonyl (C=O) groups excluding carboxylic acids is 1. The van der Waals surface area contributed by atoms with Crippen LogP contribution >= 0.6 is 0 Å². The van der Waals surface area contributed by atoms with E-state index in [0.29, 0.717) is 11.3 Å². The van der Waals surface area contributed by atoms with Gasteiger partial charge in [0.15, 0.2) is 5.76 Å². The monoisotopic (exact) mass is 273 g/mol. The van der Waals surface area contributed by atoms with Crippen molar-refractivity contribution in [2.45, 2.75) is 6.54 Å². The number of rotatable bonds is 3. The highest BCUT2D eigenvalue weighted by Crippen LogP contribution is 2.10. The van der Waals surface area contributed by atoms with Crippen molar-refractivity contribution < 1.29 is 13.7 Å². The second-order valence-electron chi connectivity index (χ2n) is 3.86. The fourth-order valence-electron chi connectivity index (χ4n) is 1.56. The summed E-state index contributed by atoms with van der Waals surface area (Å²) in [7, 11) is 0. The maximum absolute atomic E-state index is 13.2. The largest absolute Gasteiger partial charge is 0.360 e. The minimum atomic E-state index is -0.460. The van der Waals surface area contributed by atoms with Crippen molar-refractivity contribution in [1.29, 1.82) is 0 Å². The molecule has 0 saturated heterocycles. The van der Waals surface area contributed by atoms with Crippen LogP contribution in [0, 0.1) is 17.7 Å². The lowest BCUT2D eigenvalue weighted by Gasteiger charge is -2.05. The van der Waals surface area contributed by atoms with Crippen LogP contribution in [0.15, 0.2) is 35.0 Å². The topological polar surface area (TPSA) is 81.2 Å². The number of nitrogens with zero attached hydrogens (tertiary/aromatic N) is 1. The average molecular weight is 273 g/mol. The molecular formula is C14H12FN3O2. The van der Waals surface area contributed by atoms with Gasteiger partial charge in [-0.05, 0) is 18.2 Å². The summed E-state index contributed by atoms with van der Waals surface area (Å²) in [4.78, 5) is 12.0. The quantitative estimate of drug-likeness (QED) is 0.819. The maximum atomic E-state index is 13.2. The molecule has 20 heavy (non-hydrogen) atoms.